The van der Waals surface area contributed by atoms with Crippen molar-refractivity contribution in [3.63, 3.8) is 0 Å². The SMILES string of the molecule is CCC(CNC(=O)c1cccc(C)n1)CC(=O)O. The van der Waals surface area contributed by atoms with Crippen LogP contribution in [-0.4, -0.2) is 28.5 Å². The van der Waals surface area contributed by atoms with Crippen LogP contribution in [0.15, 0.2) is 18.2 Å². The molecule has 2 N–H and O–H groups in total. The van der Waals surface area contributed by atoms with Gasteiger partial charge in [-0.3, -0.25) is 9.59 Å². The summed E-state index contributed by atoms with van der Waals surface area (Å²) in [5.41, 5.74) is 1.14. The Bertz CT molecular complexity index is 432. The lowest BCUT2D eigenvalue weighted by molar-refractivity contribution is -0.138. The molecule has 5 nitrogen and oxygen atoms in total. The van der Waals surface area contributed by atoms with Crippen LogP contribution in [0, 0.1) is 12.8 Å². The molecule has 1 atom stereocenters. The number of aromatic nitrogens is 1. The van der Waals surface area contributed by atoms with Gasteiger partial charge in [-0.25, -0.2) is 4.98 Å². The molecule has 1 rings (SSSR count). The van der Waals surface area contributed by atoms with Crippen molar-refractivity contribution in [1.29, 1.82) is 0 Å². The van der Waals surface area contributed by atoms with Crippen molar-refractivity contribution < 1.29 is 14.7 Å². The van der Waals surface area contributed by atoms with Crippen LogP contribution >= 0.6 is 0 Å². The van der Waals surface area contributed by atoms with E-state index in [2.05, 4.69) is 10.3 Å². The van der Waals surface area contributed by atoms with Gasteiger partial charge in [-0.15, -0.1) is 0 Å². The first-order valence-electron chi connectivity index (χ1n) is 5.96. The van der Waals surface area contributed by atoms with Gasteiger partial charge < -0.3 is 10.4 Å². The molecule has 0 radical (unpaired) electrons. The fourth-order valence-corrected chi connectivity index (χ4v) is 1.60. The number of amides is 1. The highest BCUT2D eigenvalue weighted by atomic mass is 16.4. The van der Waals surface area contributed by atoms with Crippen LogP contribution in [0.3, 0.4) is 0 Å². The third-order valence-electron chi connectivity index (χ3n) is 2.71. The summed E-state index contributed by atoms with van der Waals surface area (Å²) in [5, 5.41) is 11.4. The molecule has 98 valence electrons. The molecule has 1 heterocycles. The summed E-state index contributed by atoms with van der Waals surface area (Å²) in [6.07, 6.45) is 0.784. The van der Waals surface area contributed by atoms with Crippen LogP contribution in [0.2, 0.25) is 0 Å². The van der Waals surface area contributed by atoms with Crippen molar-refractivity contribution in [1.82, 2.24) is 10.3 Å². The number of rotatable bonds is 6. The van der Waals surface area contributed by atoms with Crippen LogP contribution in [0.25, 0.3) is 0 Å². The first kappa shape index (κ1) is 14.2. The van der Waals surface area contributed by atoms with Gasteiger partial charge in [0.25, 0.3) is 5.91 Å². The lowest BCUT2D eigenvalue weighted by atomic mass is 10.0. The van der Waals surface area contributed by atoms with E-state index in [9.17, 15) is 9.59 Å². The summed E-state index contributed by atoms with van der Waals surface area (Å²) in [7, 11) is 0. The summed E-state index contributed by atoms with van der Waals surface area (Å²) in [4.78, 5) is 26.5. The third kappa shape index (κ3) is 4.53. The largest absolute Gasteiger partial charge is 0.481 e. The van der Waals surface area contributed by atoms with Gasteiger partial charge in [0.2, 0.25) is 0 Å². The van der Waals surface area contributed by atoms with Crippen LogP contribution in [0.1, 0.15) is 35.9 Å². The molecular formula is C13H18N2O3. The van der Waals surface area contributed by atoms with E-state index < -0.39 is 5.97 Å². The number of carbonyl (C=O) groups excluding carboxylic acids is 1. The number of hydrogen-bond acceptors (Lipinski definition) is 3. The molecule has 1 amide bonds. The van der Waals surface area contributed by atoms with E-state index in [1.165, 1.54) is 0 Å². The van der Waals surface area contributed by atoms with Gasteiger partial charge in [-0.1, -0.05) is 19.4 Å². The number of carboxylic acid groups (broad SMARTS) is 1. The fraction of sp³-hybridized carbons (Fsp3) is 0.462. The molecule has 0 aliphatic heterocycles. The zero-order chi connectivity index (χ0) is 13.5. The lowest BCUT2D eigenvalue weighted by Gasteiger charge is -2.13. The first-order chi connectivity index (χ1) is 8.52. The molecule has 0 aliphatic rings. The Morgan fingerprint density at radius 1 is 1.44 bits per heavy atom. The number of aliphatic carboxylic acids is 1. The maximum absolute atomic E-state index is 11.8. The zero-order valence-electron chi connectivity index (χ0n) is 10.6. The minimum absolute atomic E-state index is 0.0451. The lowest BCUT2D eigenvalue weighted by Crippen LogP contribution is -2.30. The van der Waals surface area contributed by atoms with E-state index in [-0.39, 0.29) is 18.2 Å². The van der Waals surface area contributed by atoms with E-state index >= 15 is 0 Å². The summed E-state index contributed by atoms with van der Waals surface area (Å²) in [5.74, 6) is -1.15. The van der Waals surface area contributed by atoms with Crippen LogP contribution in [0.4, 0.5) is 0 Å². The summed E-state index contributed by atoms with van der Waals surface area (Å²) >= 11 is 0. The zero-order valence-corrected chi connectivity index (χ0v) is 10.6. The van der Waals surface area contributed by atoms with Gasteiger partial charge in [0, 0.05) is 18.7 Å². The molecule has 0 aromatic carbocycles. The molecule has 18 heavy (non-hydrogen) atoms. The Hall–Kier alpha value is -1.91. The Labute approximate surface area is 106 Å². The molecule has 1 aromatic heterocycles. The highest BCUT2D eigenvalue weighted by Gasteiger charge is 2.13. The molecule has 5 heteroatoms. The molecule has 0 aliphatic carbocycles. The van der Waals surface area contributed by atoms with Crippen molar-refractivity contribution in [3.05, 3.63) is 29.6 Å². The highest BCUT2D eigenvalue weighted by Crippen LogP contribution is 2.07. The van der Waals surface area contributed by atoms with Crippen LogP contribution in [-0.2, 0) is 4.79 Å². The number of carboxylic acids is 1. The number of nitrogens with zero attached hydrogens (tertiary/aromatic N) is 1. The molecule has 1 unspecified atom stereocenters. The van der Waals surface area contributed by atoms with Gasteiger partial charge in [0.05, 0.1) is 0 Å². The monoisotopic (exact) mass is 250 g/mol. The maximum atomic E-state index is 11.8. The number of pyridine rings is 1. The third-order valence-corrected chi connectivity index (χ3v) is 2.71. The second-order valence-corrected chi connectivity index (χ2v) is 4.25. The molecule has 0 saturated heterocycles. The van der Waals surface area contributed by atoms with Gasteiger partial charge in [-0.2, -0.15) is 0 Å². The normalized spacial score (nSPS) is 11.9. The van der Waals surface area contributed by atoms with E-state index in [0.29, 0.717) is 18.7 Å². The quantitative estimate of drug-likeness (QED) is 0.804. The summed E-state index contributed by atoms with van der Waals surface area (Å²) < 4.78 is 0. The number of carbonyl (C=O) groups is 2. The second kappa shape index (κ2) is 6.74. The molecule has 0 fully saturated rings. The Morgan fingerprint density at radius 3 is 2.72 bits per heavy atom. The standard InChI is InChI=1S/C13H18N2O3/c1-3-10(7-12(16)17)8-14-13(18)11-6-4-5-9(2)15-11/h4-6,10H,3,7-8H2,1-2H3,(H,14,18)(H,16,17). The van der Waals surface area contributed by atoms with E-state index in [0.717, 1.165) is 5.69 Å². The van der Waals surface area contributed by atoms with Crippen molar-refractivity contribution >= 4 is 11.9 Å². The van der Waals surface area contributed by atoms with Crippen molar-refractivity contribution in [3.8, 4) is 0 Å². The van der Waals surface area contributed by atoms with Gasteiger partial charge in [0.15, 0.2) is 0 Å². The fourth-order valence-electron chi connectivity index (χ4n) is 1.60. The van der Waals surface area contributed by atoms with Crippen molar-refractivity contribution in [2.45, 2.75) is 26.7 Å². The smallest absolute Gasteiger partial charge is 0.303 e. The molecule has 0 saturated carbocycles. The maximum Gasteiger partial charge on any atom is 0.303 e. The number of hydrogen-bond donors (Lipinski definition) is 2. The molecule has 0 spiro atoms. The van der Waals surface area contributed by atoms with Crippen LogP contribution < -0.4 is 5.32 Å². The number of aryl methyl sites for hydroxylation is 1. The summed E-state index contributed by atoms with van der Waals surface area (Å²) in [6, 6.07) is 5.22. The topological polar surface area (TPSA) is 79.3 Å². The average molecular weight is 250 g/mol. The second-order valence-electron chi connectivity index (χ2n) is 4.25. The Morgan fingerprint density at radius 2 is 2.17 bits per heavy atom. The van der Waals surface area contributed by atoms with E-state index in [1.54, 1.807) is 12.1 Å². The minimum Gasteiger partial charge on any atom is -0.481 e. The van der Waals surface area contributed by atoms with E-state index in [4.69, 9.17) is 5.11 Å². The Kier molecular flexibility index (Phi) is 5.30. The van der Waals surface area contributed by atoms with E-state index in [1.807, 2.05) is 19.9 Å². The van der Waals surface area contributed by atoms with Crippen LogP contribution in [0.5, 0.6) is 0 Å². The summed E-state index contributed by atoms with van der Waals surface area (Å²) in [6.45, 7) is 4.08. The highest BCUT2D eigenvalue weighted by molar-refractivity contribution is 5.92. The first-order valence-corrected chi connectivity index (χ1v) is 5.96. The van der Waals surface area contributed by atoms with Gasteiger partial charge >= 0.3 is 5.97 Å². The molecule has 0 bridgehead atoms. The predicted molar refractivity (Wildman–Crippen MR) is 67.3 cm³/mol. The molecular weight excluding hydrogens is 232 g/mol. The van der Waals surface area contributed by atoms with Crippen molar-refractivity contribution in [2.75, 3.05) is 6.54 Å². The minimum atomic E-state index is -0.843. The molecule has 1 aromatic rings. The number of nitrogens with one attached hydrogen (secondary N) is 1. The average Bonchev–Trinajstić information content (AvgIpc) is 2.33. The Balaban J connectivity index is 2.52. The van der Waals surface area contributed by atoms with Gasteiger partial charge in [0.1, 0.15) is 5.69 Å². The van der Waals surface area contributed by atoms with Crippen molar-refractivity contribution in [2.24, 2.45) is 5.92 Å². The predicted octanol–water partition coefficient (Wildman–Crippen LogP) is 1.62. The van der Waals surface area contributed by atoms with Gasteiger partial charge in [-0.05, 0) is 25.0 Å².